The van der Waals surface area contributed by atoms with E-state index in [1.807, 2.05) is 24.3 Å². The minimum Gasteiger partial charge on any atom is -0.436 e. The summed E-state index contributed by atoms with van der Waals surface area (Å²) in [6.45, 7) is 6.52. The zero-order valence-corrected chi connectivity index (χ0v) is 18.1. The summed E-state index contributed by atoms with van der Waals surface area (Å²) in [5.74, 6) is 0.546. The van der Waals surface area contributed by atoms with Crippen LogP contribution in [0.15, 0.2) is 70.1 Å². The lowest BCUT2D eigenvalue weighted by molar-refractivity contribution is -0.384. The summed E-state index contributed by atoms with van der Waals surface area (Å²) in [6.07, 6.45) is 1.55. The van der Waals surface area contributed by atoms with Crippen LogP contribution in [0.4, 0.5) is 11.4 Å². The number of hydrogen-bond donors (Lipinski definition) is 0. The Labute approximate surface area is 184 Å². The molecule has 4 rings (SSSR count). The van der Waals surface area contributed by atoms with Crippen LogP contribution in [0.25, 0.3) is 22.6 Å². The first-order valence-corrected chi connectivity index (χ1v) is 10.1. The standard InChI is InChI=1S/C24H20ClN3O3/c1-24(2,3)17-7-5-16(6-8-17)23-27-20-11-9-18(13-22(20)31-23)26-14-15-4-10-19(25)21(12-15)28(29)30/h4-14H,1-3H3. The van der Waals surface area contributed by atoms with Gasteiger partial charge in [-0.1, -0.05) is 50.6 Å². The van der Waals surface area contributed by atoms with Gasteiger partial charge in [0.1, 0.15) is 10.5 Å². The third kappa shape index (κ3) is 4.49. The molecule has 31 heavy (non-hydrogen) atoms. The van der Waals surface area contributed by atoms with Gasteiger partial charge >= 0.3 is 0 Å². The number of nitro groups is 1. The van der Waals surface area contributed by atoms with Gasteiger partial charge in [0.15, 0.2) is 5.58 Å². The molecule has 3 aromatic carbocycles. The number of aliphatic imine (C=N–C) groups is 1. The Morgan fingerprint density at radius 2 is 1.81 bits per heavy atom. The number of rotatable bonds is 4. The van der Waals surface area contributed by atoms with Gasteiger partial charge in [0.2, 0.25) is 5.89 Å². The fraction of sp³-hybridized carbons (Fsp3) is 0.167. The molecule has 0 saturated heterocycles. The smallest absolute Gasteiger partial charge is 0.288 e. The van der Waals surface area contributed by atoms with Gasteiger partial charge in [-0.15, -0.1) is 0 Å². The number of nitro benzene ring substituents is 1. The summed E-state index contributed by atoms with van der Waals surface area (Å²) in [6, 6.07) is 18.2. The van der Waals surface area contributed by atoms with E-state index in [4.69, 9.17) is 16.0 Å². The molecule has 0 saturated carbocycles. The van der Waals surface area contributed by atoms with E-state index < -0.39 is 4.92 Å². The largest absolute Gasteiger partial charge is 0.436 e. The van der Waals surface area contributed by atoms with Crippen LogP contribution in [0.5, 0.6) is 0 Å². The predicted molar refractivity (Wildman–Crippen MR) is 124 cm³/mol. The second kappa shape index (κ2) is 7.96. The lowest BCUT2D eigenvalue weighted by Gasteiger charge is -2.18. The van der Waals surface area contributed by atoms with Crippen LogP contribution in [0, 0.1) is 10.1 Å². The normalized spacial score (nSPS) is 12.0. The monoisotopic (exact) mass is 433 g/mol. The van der Waals surface area contributed by atoms with E-state index in [1.54, 1.807) is 18.3 Å². The van der Waals surface area contributed by atoms with Crippen molar-refractivity contribution in [1.82, 2.24) is 4.98 Å². The van der Waals surface area contributed by atoms with Gasteiger partial charge in [-0.3, -0.25) is 15.1 Å². The van der Waals surface area contributed by atoms with Crippen LogP contribution in [-0.4, -0.2) is 16.1 Å². The molecule has 0 unspecified atom stereocenters. The number of benzene rings is 3. The number of hydrogen-bond acceptors (Lipinski definition) is 5. The third-order valence-corrected chi connectivity index (χ3v) is 5.22. The van der Waals surface area contributed by atoms with Crippen LogP contribution in [0.2, 0.25) is 5.02 Å². The first-order valence-electron chi connectivity index (χ1n) is 9.70. The van der Waals surface area contributed by atoms with E-state index in [2.05, 4.69) is 42.9 Å². The maximum Gasteiger partial charge on any atom is 0.288 e. The molecule has 0 bridgehead atoms. The highest BCUT2D eigenvalue weighted by atomic mass is 35.5. The minimum absolute atomic E-state index is 0.0806. The lowest BCUT2D eigenvalue weighted by Crippen LogP contribution is -2.10. The van der Waals surface area contributed by atoms with Crippen molar-refractivity contribution >= 4 is 40.3 Å². The van der Waals surface area contributed by atoms with Gasteiger partial charge in [-0.05, 0) is 46.9 Å². The summed E-state index contributed by atoms with van der Waals surface area (Å²) in [4.78, 5) is 19.5. The topological polar surface area (TPSA) is 81.5 Å². The molecule has 0 amide bonds. The van der Waals surface area contributed by atoms with Crippen molar-refractivity contribution in [1.29, 1.82) is 0 Å². The van der Waals surface area contributed by atoms with Gasteiger partial charge < -0.3 is 4.42 Å². The molecule has 1 aromatic heterocycles. The lowest BCUT2D eigenvalue weighted by atomic mass is 9.87. The molecule has 0 N–H and O–H groups in total. The number of nitrogens with zero attached hydrogens (tertiary/aromatic N) is 3. The van der Waals surface area contributed by atoms with Crippen LogP contribution >= 0.6 is 11.6 Å². The van der Waals surface area contributed by atoms with Gasteiger partial charge in [0, 0.05) is 23.9 Å². The Morgan fingerprint density at radius 1 is 1.06 bits per heavy atom. The molecule has 1 heterocycles. The van der Waals surface area contributed by atoms with E-state index in [1.165, 1.54) is 17.7 Å². The quantitative estimate of drug-likeness (QED) is 0.195. The summed E-state index contributed by atoms with van der Waals surface area (Å²) >= 11 is 5.85. The summed E-state index contributed by atoms with van der Waals surface area (Å²) in [7, 11) is 0. The first-order chi connectivity index (χ1) is 14.7. The predicted octanol–water partition coefficient (Wildman–Crippen LogP) is 7.10. The van der Waals surface area contributed by atoms with Gasteiger partial charge in [-0.2, -0.15) is 0 Å². The van der Waals surface area contributed by atoms with E-state index in [9.17, 15) is 10.1 Å². The Balaban J connectivity index is 1.60. The highest BCUT2D eigenvalue weighted by Crippen LogP contribution is 2.30. The third-order valence-electron chi connectivity index (χ3n) is 4.90. The molecule has 0 radical (unpaired) electrons. The van der Waals surface area contributed by atoms with Gasteiger partial charge in [-0.25, -0.2) is 4.98 Å². The molecular weight excluding hydrogens is 414 g/mol. The SMILES string of the molecule is CC(C)(C)c1ccc(-c2nc3ccc(N=Cc4ccc(Cl)c([N+](=O)[O-])c4)cc3o2)cc1. The van der Waals surface area contributed by atoms with E-state index >= 15 is 0 Å². The van der Waals surface area contributed by atoms with Crippen molar-refractivity contribution in [2.45, 2.75) is 26.2 Å². The van der Waals surface area contributed by atoms with Gasteiger partial charge in [0.25, 0.3) is 5.69 Å². The van der Waals surface area contributed by atoms with Crippen molar-refractivity contribution in [2.24, 2.45) is 4.99 Å². The van der Waals surface area contributed by atoms with Crippen LogP contribution in [0.1, 0.15) is 31.9 Å². The second-order valence-electron chi connectivity index (χ2n) is 8.22. The molecule has 156 valence electrons. The zero-order valence-electron chi connectivity index (χ0n) is 17.3. The Bertz CT molecular complexity index is 1300. The molecule has 6 nitrogen and oxygen atoms in total. The van der Waals surface area contributed by atoms with Crippen molar-refractivity contribution in [2.75, 3.05) is 0 Å². The Hall–Kier alpha value is -3.51. The maximum absolute atomic E-state index is 11.0. The fourth-order valence-corrected chi connectivity index (χ4v) is 3.32. The molecular formula is C24H20ClN3O3. The van der Waals surface area contributed by atoms with E-state index in [-0.39, 0.29) is 16.1 Å². The molecule has 4 aromatic rings. The number of fused-ring (bicyclic) bond motifs is 1. The van der Waals surface area contributed by atoms with Crippen LogP contribution in [0.3, 0.4) is 0 Å². The molecule has 7 heteroatoms. The average molecular weight is 434 g/mol. The Morgan fingerprint density at radius 3 is 2.48 bits per heavy atom. The minimum atomic E-state index is -0.518. The molecule has 0 aliphatic carbocycles. The second-order valence-corrected chi connectivity index (χ2v) is 8.63. The van der Waals surface area contributed by atoms with Crippen molar-refractivity contribution in [3.8, 4) is 11.5 Å². The van der Waals surface area contributed by atoms with E-state index in [0.29, 0.717) is 22.7 Å². The van der Waals surface area contributed by atoms with Crippen molar-refractivity contribution < 1.29 is 9.34 Å². The van der Waals surface area contributed by atoms with Crippen molar-refractivity contribution in [3.63, 3.8) is 0 Å². The van der Waals surface area contributed by atoms with Gasteiger partial charge in [0.05, 0.1) is 10.6 Å². The summed E-state index contributed by atoms with van der Waals surface area (Å²) < 4.78 is 5.95. The summed E-state index contributed by atoms with van der Waals surface area (Å²) in [5, 5.41) is 11.1. The average Bonchev–Trinajstić information content (AvgIpc) is 3.16. The molecule has 0 fully saturated rings. The van der Waals surface area contributed by atoms with Crippen molar-refractivity contribution in [3.05, 3.63) is 86.9 Å². The Kier molecular flexibility index (Phi) is 5.33. The maximum atomic E-state index is 11.0. The molecule has 0 aliphatic heterocycles. The number of oxazole rings is 1. The van der Waals surface area contributed by atoms with Crippen LogP contribution in [-0.2, 0) is 5.41 Å². The first kappa shape index (κ1) is 20.8. The zero-order chi connectivity index (χ0) is 22.2. The highest BCUT2D eigenvalue weighted by Gasteiger charge is 2.15. The molecule has 0 aliphatic rings. The number of aromatic nitrogens is 1. The highest BCUT2D eigenvalue weighted by molar-refractivity contribution is 6.32. The number of halogens is 1. The molecule has 0 atom stereocenters. The van der Waals surface area contributed by atoms with Crippen LogP contribution < -0.4 is 0 Å². The summed E-state index contributed by atoms with van der Waals surface area (Å²) in [5.41, 5.74) is 4.65. The molecule has 0 spiro atoms. The fourth-order valence-electron chi connectivity index (χ4n) is 3.13. The van der Waals surface area contributed by atoms with E-state index in [0.717, 1.165) is 11.1 Å².